The lowest BCUT2D eigenvalue weighted by molar-refractivity contribution is 0.0769. The van der Waals surface area contributed by atoms with Gasteiger partial charge in [0.05, 0.1) is 25.3 Å². The average molecular weight is 265 g/mol. The average Bonchev–Trinajstić information content (AvgIpc) is 2.46. The van der Waals surface area contributed by atoms with Gasteiger partial charge in [0.15, 0.2) is 6.29 Å². The molecule has 0 N–H and O–H groups in total. The van der Waals surface area contributed by atoms with Crippen LogP contribution in [0.1, 0.15) is 34.6 Å². The molecule has 0 bridgehead atoms. The minimum absolute atomic E-state index is 0.204. The second kappa shape index (κ2) is 6.78. The number of aldehydes is 1. The van der Waals surface area contributed by atoms with Crippen molar-refractivity contribution in [1.29, 1.82) is 0 Å². The first-order valence-electron chi connectivity index (χ1n) is 6.13. The number of ether oxygens (including phenoxy) is 2. The van der Waals surface area contributed by atoms with E-state index in [4.69, 9.17) is 9.47 Å². The summed E-state index contributed by atoms with van der Waals surface area (Å²) in [7, 11) is 2.95. The molecule has 0 atom stereocenters. The van der Waals surface area contributed by atoms with Crippen LogP contribution >= 0.6 is 0 Å². The summed E-state index contributed by atoms with van der Waals surface area (Å²) in [5.74, 6) is 0.618. The number of nitrogens with zero attached hydrogens (tertiary/aromatic N) is 1. The SMILES string of the molecule is CCN(CC)C(=O)c1cc(OC)cc(OC)c1C=O. The van der Waals surface area contributed by atoms with E-state index in [1.165, 1.54) is 14.2 Å². The van der Waals surface area contributed by atoms with E-state index in [1.54, 1.807) is 17.0 Å². The Morgan fingerprint density at radius 3 is 2.26 bits per heavy atom. The second-order valence-corrected chi connectivity index (χ2v) is 3.89. The van der Waals surface area contributed by atoms with Gasteiger partial charge in [0.2, 0.25) is 0 Å². The zero-order valence-corrected chi connectivity index (χ0v) is 11.7. The smallest absolute Gasteiger partial charge is 0.254 e. The summed E-state index contributed by atoms with van der Waals surface area (Å²) in [6.07, 6.45) is 0.634. The van der Waals surface area contributed by atoms with Gasteiger partial charge in [-0.25, -0.2) is 0 Å². The lowest BCUT2D eigenvalue weighted by Crippen LogP contribution is -2.31. The van der Waals surface area contributed by atoms with Crippen LogP contribution in [0.15, 0.2) is 12.1 Å². The van der Waals surface area contributed by atoms with Gasteiger partial charge in [0, 0.05) is 19.2 Å². The Morgan fingerprint density at radius 2 is 1.84 bits per heavy atom. The molecule has 0 unspecified atom stereocenters. The molecule has 1 amide bonds. The van der Waals surface area contributed by atoms with Crippen LogP contribution in [0, 0.1) is 0 Å². The monoisotopic (exact) mass is 265 g/mol. The highest BCUT2D eigenvalue weighted by molar-refractivity contribution is 6.03. The standard InChI is InChI=1S/C14H19NO4/c1-5-15(6-2)14(17)11-7-10(18-3)8-13(19-4)12(11)9-16/h7-9H,5-6H2,1-4H3. The number of rotatable bonds is 6. The van der Waals surface area contributed by atoms with Crippen LogP contribution in [0.4, 0.5) is 0 Å². The van der Waals surface area contributed by atoms with Crippen molar-refractivity contribution in [2.75, 3.05) is 27.3 Å². The van der Waals surface area contributed by atoms with E-state index in [0.29, 0.717) is 36.4 Å². The summed E-state index contributed by atoms with van der Waals surface area (Å²) in [6, 6.07) is 3.15. The maximum atomic E-state index is 12.4. The van der Waals surface area contributed by atoms with Gasteiger partial charge in [-0.3, -0.25) is 9.59 Å². The van der Waals surface area contributed by atoms with Crippen molar-refractivity contribution in [2.45, 2.75) is 13.8 Å². The van der Waals surface area contributed by atoms with Crippen molar-refractivity contribution < 1.29 is 19.1 Å². The Balaban J connectivity index is 3.38. The minimum Gasteiger partial charge on any atom is -0.497 e. The number of hydrogen-bond acceptors (Lipinski definition) is 4. The highest BCUT2D eigenvalue weighted by atomic mass is 16.5. The molecule has 0 spiro atoms. The topological polar surface area (TPSA) is 55.8 Å². The Labute approximate surface area is 113 Å². The summed E-state index contributed by atoms with van der Waals surface area (Å²) < 4.78 is 10.3. The van der Waals surface area contributed by atoms with E-state index in [9.17, 15) is 9.59 Å². The van der Waals surface area contributed by atoms with Gasteiger partial charge >= 0.3 is 0 Å². The second-order valence-electron chi connectivity index (χ2n) is 3.89. The van der Waals surface area contributed by atoms with Crippen molar-refractivity contribution in [3.05, 3.63) is 23.3 Å². The largest absolute Gasteiger partial charge is 0.497 e. The molecule has 0 aliphatic carbocycles. The fourth-order valence-electron chi connectivity index (χ4n) is 1.87. The summed E-state index contributed by atoms with van der Waals surface area (Å²) in [5, 5.41) is 0. The van der Waals surface area contributed by atoms with Gasteiger partial charge in [0.25, 0.3) is 5.91 Å². The number of amides is 1. The normalized spacial score (nSPS) is 9.89. The van der Waals surface area contributed by atoms with Crippen molar-refractivity contribution >= 4 is 12.2 Å². The predicted octanol–water partition coefficient (Wildman–Crippen LogP) is 2.00. The van der Waals surface area contributed by atoms with Gasteiger partial charge in [-0.05, 0) is 19.9 Å². The molecular weight excluding hydrogens is 246 g/mol. The van der Waals surface area contributed by atoms with E-state index < -0.39 is 0 Å². The van der Waals surface area contributed by atoms with Crippen LogP contribution in [-0.4, -0.2) is 44.4 Å². The highest BCUT2D eigenvalue weighted by Gasteiger charge is 2.21. The molecule has 1 aromatic carbocycles. The van der Waals surface area contributed by atoms with Gasteiger partial charge in [0.1, 0.15) is 11.5 Å². The Bertz CT molecular complexity index is 467. The summed E-state index contributed by atoms with van der Waals surface area (Å²) in [4.78, 5) is 25.2. The molecule has 0 saturated heterocycles. The molecule has 0 aliphatic rings. The fraction of sp³-hybridized carbons (Fsp3) is 0.429. The van der Waals surface area contributed by atoms with Crippen LogP contribution in [0.25, 0.3) is 0 Å². The zero-order chi connectivity index (χ0) is 14.4. The number of carbonyl (C=O) groups is 2. The zero-order valence-electron chi connectivity index (χ0n) is 11.7. The van der Waals surface area contributed by atoms with Crippen molar-refractivity contribution in [3.63, 3.8) is 0 Å². The molecule has 0 aliphatic heterocycles. The minimum atomic E-state index is -0.204. The van der Waals surface area contributed by atoms with Gasteiger partial charge in [-0.15, -0.1) is 0 Å². The Kier molecular flexibility index (Phi) is 5.36. The summed E-state index contributed by atoms with van der Waals surface area (Å²) in [5.41, 5.74) is 0.551. The van der Waals surface area contributed by atoms with Crippen LogP contribution in [0.2, 0.25) is 0 Å². The van der Waals surface area contributed by atoms with E-state index >= 15 is 0 Å². The Hall–Kier alpha value is -2.04. The maximum absolute atomic E-state index is 12.4. The molecule has 1 aromatic rings. The first-order valence-corrected chi connectivity index (χ1v) is 6.13. The molecule has 0 aromatic heterocycles. The lowest BCUT2D eigenvalue weighted by Gasteiger charge is -2.20. The van der Waals surface area contributed by atoms with Gasteiger partial charge in [-0.2, -0.15) is 0 Å². The Morgan fingerprint density at radius 1 is 1.21 bits per heavy atom. The molecule has 5 nitrogen and oxygen atoms in total. The number of methoxy groups -OCH3 is 2. The first-order chi connectivity index (χ1) is 9.12. The molecule has 5 heteroatoms. The number of benzene rings is 1. The van der Waals surface area contributed by atoms with Crippen LogP contribution in [-0.2, 0) is 0 Å². The van der Waals surface area contributed by atoms with E-state index in [2.05, 4.69) is 0 Å². The van der Waals surface area contributed by atoms with Crippen molar-refractivity contribution in [3.8, 4) is 11.5 Å². The lowest BCUT2D eigenvalue weighted by atomic mass is 10.1. The first kappa shape index (κ1) is 15.0. The fourth-order valence-corrected chi connectivity index (χ4v) is 1.87. The quantitative estimate of drug-likeness (QED) is 0.738. The van der Waals surface area contributed by atoms with E-state index in [0.717, 1.165) is 0 Å². The number of hydrogen-bond donors (Lipinski definition) is 0. The molecular formula is C14H19NO4. The highest BCUT2D eigenvalue weighted by Crippen LogP contribution is 2.28. The van der Waals surface area contributed by atoms with Gasteiger partial charge < -0.3 is 14.4 Å². The van der Waals surface area contributed by atoms with Crippen molar-refractivity contribution in [1.82, 2.24) is 4.90 Å². The molecule has 0 heterocycles. The van der Waals surface area contributed by atoms with Crippen molar-refractivity contribution in [2.24, 2.45) is 0 Å². The third-order valence-corrected chi connectivity index (χ3v) is 2.97. The molecule has 1 rings (SSSR count). The third-order valence-electron chi connectivity index (χ3n) is 2.97. The summed E-state index contributed by atoms with van der Waals surface area (Å²) in [6.45, 7) is 4.93. The van der Waals surface area contributed by atoms with Gasteiger partial charge in [-0.1, -0.05) is 0 Å². The summed E-state index contributed by atoms with van der Waals surface area (Å²) >= 11 is 0. The predicted molar refractivity (Wildman–Crippen MR) is 72.2 cm³/mol. The molecule has 104 valence electrons. The van der Waals surface area contributed by atoms with E-state index in [-0.39, 0.29) is 11.5 Å². The third kappa shape index (κ3) is 3.05. The van der Waals surface area contributed by atoms with E-state index in [1.807, 2.05) is 13.8 Å². The van der Waals surface area contributed by atoms with Crippen LogP contribution in [0.3, 0.4) is 0 Å². The van der Waals surface area contributed by atoms with Crippen LogP contribution < -0.4 is 9.47 Å². The molecule has 0 radical (unpaired) electrons. The number of carbonyl (C=O) groups excluding carboxylic acids is 2. The van der Waals surface area contributed by atoms with Crippen LogP contribution in [0.5, 0.6) is 11.5 Å². The maximum Gasteiger partial charge on any atom is 0.254 e. The molecule has 19 heavy (non-hydrogen) atoms. The molecule has 0 saturated carbocycles. The molecule has 0 fully saturated rings.